The van der Waals surface area contributed by atoms with Gasteiger partial charge in [-0.3, -0.25) is 4.79 Å². The van der Waals surface area contributed by atoms with Gasteiger partial charge in [-0.15, -0.1) is 0 Å². The minimum Gasteiger partial charge on any atom is -0.466 e. The summed E-state index contributed by atoms with van der Waals surface area (Å²) in [7, 11) is 0. The van der Waals surface area contributed by atoms with Gasteiger partial charge in [0.2, 0.25) is 0 Å². The zero-order valence-electron chi connectivity index (χ0n) is 12.5. The van der Waals surface area contributed by atoms with E-state index in [1.807, 2.05) is 0 Å². The fourth-order valence-electron chi connectivity index (χ4n) is 1.94. The number of rotatable bonds is 6. The molecule has 1 unspecified atom stereocenters. The van der Waals surface area contributed by atoms with Crippen LogP contribution in [-0.4, -0.2) is 17.7 Å². The molecule has 0 spiro atoms. The van der Waals surface area contributed by atoms with Crippen molar-refractivity contribution in [3.8, 4) is 11.5 Å². The lowest BCUT2D eigenvalue weighted by atomic mass is 10.1. The van der Waals surface area contributed by atoms with Crippen LogP contribution in [0.2, 0.25) is 10.0 Å². The van der Waals surface area contributed by atoms with Crippen molar-refractivity contribution in [1.82, 2.24) is 0 Å². The van der Waals surface area contributed by atoms with Crippen LogP contribution in [0, 0.1) is 0 Å². The van der Waals surface area contributed by atoms with Crippen LogP contribution >= 0.6 is 23.2 Å². The van der Waals surface area contributed by atoms with Crippen molar-refractivity contribution in [3.63, 3.8) is 0 Å². The van der Waals surface area contributed by atoms with Gasteiger partial charge in [0.15, 0.2) is 0 Å². The first-order valence-corrected chi connectivity index (χ1v) is 7.81. The molecule has 2 rings (SSSR count). The summed E-state index contributed by atoms with van der Waals surface area (Å²) in [6.07, 6.45) is -1.01. The van der Waals surface area contributed by atoms with E-state index in [1.165, 1.54) is 0 Å². The molecule has 122 valence electrons. The monoisotopic (exact) mass is 354 g/mol. The van der Waals surface area contributed by atoms with Gasteiger partial charge < -0.3 is 14.6 Å². The molecule has 0 radical (unpaired) electrons. The molecule has 0 aliphatic carbocycles. The number of hydrogen-bond donors (Lipinski definition) is 1. The molecule has 0 amide bonds. The third kappa shape index (κ3) is 5.13. The van der Waals surface area contributed by atoms with Crippen LogP contribution in [-0.2, 0) is 9.53 Å². The fraction of sp³-hybridized carbons (Fsp3) is 0.235. The molecule has 1 atom stereocenters. The Morgan fingerprint density at radius 1 is 1.17 bits per heavy atom. The number of carbonyl (C=O) groups excluding carboxylic acids is 1. The lowest BCUT2D eigenvalue weighted by Gasteiger charge is -2.12. The van der Waals surface area contributed by atoms with Gasteiger partial charge in [0, 0.05) is 11.1 Å². The highest BCUT2D eigenvalue weighted by Gasteiger charge is 2.14. The van der Waals surface area contributed by atoms with Crippen molar-refractivity contribution in [2.45, 2.75) is 19.4 Å². The zero-order chi connectivity index (χ0) is 16.8. The highest BCUT2D eigenvalue weighted by atomic mass is 35.5. The molecule has 2 aromatic rings. The molecule has 0 aliphatic heterocycles. The van der Waals surface area contributed by atoms with Crippen molar-refractivity contribution in [2.24, 2.45) is 0 Å². The number of benzene rings is 2. The van der Waals surface area contributed by atoms with Crippen LogP contribution in [0.1, 0.15) is 25.0 Å². The molecule has 0 saturated carbocycles. The number of aliphatic hydroxyl groups excluding tert-OH is 1. The lowest BCUT2D eigenvalue weighted by Crippen LogP contribution is -2.09. The molecule has 0 saturated heterocycles. The molecule has 0 aliphatic rings. The van der Waals surface area contributed by atoms with E-state index in [4.69, 9.17) is 32.7 Å². The van der Waals surface area contributed by atoms with E-state index in [2.05, 4.69) is 0 Å². The molecule has 0 heterocycles. The molecule has 6 heteroatoms. The first-order chi connectivity index (χ1) is 11.0. The summed E-state index contributed by atoms with van der Waals surface area (Å²) < 4.78 is 10.5. The average Bonchev–Trinajstić information content (AvgIpc) is 2.52. The van der Waals surface area contributed by atoms with Crippen LogP contribution in [0.4, 0.5) is 0 Å². The summed E-state index contributed by atoms with van der Waals surface area (Å²) in [5.41, 5.74) is 0.600. The van der Waals surface area contributed by atoms with Crippen molar-refractivity contribution < 1.29 is 19.4 Å². The lowest BCUT2D eigenvalue weighted by molar-refractivity contribution is -0.145. The summed E-state index contributed by atoms with van der Waals surface area (Å²) in [6.45, 7) is 2.01. The molecular formula is C17H16Cl2O4. The highest BCUT2D eigenvalue weighted by Crippen LogP contribution is 2.32. The number of ether oxygens (including phenoxy) is 2. The highest BCUT2D eigenvalue weighted by molar-refractivity contribution is 6.34. The quantitative estimate of drug-likeness (QED) is 0.759. The second-order valence-corrected chi connectivity index (χ2v) is 5.61. The summed E-state index contributed by atoms with van der Waals surface area (Å²) >= 11 is 11.9. The van der Waals surface area contributed by atoms with E-state index in [1.54, 1.807) is 49.4 Å². The molecule has 0 bridgehead atoms. The minimum atomic E-state index is -0.919. The number of halogens is 2. The van der Waals surface area contributed by atoms with Gasteiger partial charge in [0.25, 0.3) is 0 Å². The van der Waals surface area contributed by atoms with Gasteiger partial charge in [-0.2, -0.15) is 0 Å². The maximum atomic E-state index is 11.4. The normalized spacial score (nSPS) is 11.8. The van der Waals surface area contributed by atoms with E-state index >= 15 is 0 Å². The van der Waals surface area contributed by atoms with Gasteiger partial charge in [0.1, 0.15) is 11.5 Å². The van der Waals surface area contributed by atoms with Gasteiger partial charge in [-0.25, -0.2) is 0 Å². The zero-order valence-corrected chi connectivity index (χ0v) is 14.0. The van der Waals surface area contributed by atoms with Crippen molar-refractivity contribution in [3.05, 3.63) is 58.1 Å². The van der Waals surface area contributed by atoms with Crippen LogP contribution in [0.5, 0.6) is 11.5 Å². The smallest absolute Gasteiger partial charge is 0.308 e. The largest absolute Gasteiger partial charge is 0.466 e. The van der Waals surface area contributed by atoms with Gasteiger partial charge in [-0.1, -0.05) is 35.3 Å². The summed E-state index contributed by atoms with van der Waals surface area (Å²) in [4.78, 5) is 11.4. The fourth-order valence-corrected chi connectivity index (χ4v) is 2.25. The first-order valence-electron chi connectivity index (χ1n) is 7.06. The third-order valence-electron chi connectivity index (χ3n) is 3.05. The molecule has 1 N–H and O–H groups in total. The standard InChI is InChI=1S/C17H16Cl2O4/c1-2-22-17(21)10-15(20)11-3-6-13(7-4-11)23-16-9-12(18)5-8-14(16)19/h3-9,15,20H,2,10H2,1H3. The van der Waals surface area contributed by atoms with Crippen LogP contribution in [0.25, 0.3) is 0 Å². The number of esters is 1. The number of carbonyl (C=O) groups is 1. The molecule has 2 aromatic carbocycles. The minimum absolute atomic E-state index is 0.0891. The van der Waals surface area contributed by atoms with Crippen molar-refractivity contribution in [1.29, 1.82) is 0 Å². The van der Waals surface area contributed by atoms with E-state index < -0.39 is 12.1 Å². The van der Waals surface area contributed by atoms with E-state index in [-0.39, 0.29) is 6.42 Å². The topological polar surface area (TPSA) is 55.8 Å². The van der Waals surface area contributed by atoms with Gasteiger partial charge in [-0.05, 0) is 36.8 Å². The predicted molar refractivity (Wildman–Crippen MR) is 89.2 cm³/mol. The van der Waals surface area contributed by atoms with Crippen molar-refractivity contribution >= 4 is 29.2 Å². The van der Waals surface area contributed by atoms with Crippen LogP contribution < -0.4 is 4.74 Å². The maximum Gasteiger partial charge on any atom is 0.308 e. The Labute approximate surface area is 144 Å². The maximum absolute atomic E-state index is 11.4. The van der Waals surface area contributed by atoms with Crippen LogP contribution in [0.3, 0.4) is 0 Å². The SMILES string of the molecule is CCOC(=O)CC(O)c1ccc(Oc2cc(Cl)ccc2Cl)cc1. The summed E-state index contributed by atoms with van der Waals surface area (Å²) in [5.74, 6) is 0.547. The number of hydrogen-bond acceptors (Lipinski definition) is 4. The summed E-state index contributed by atoms with van der Waals surface area (Å²) in [5, 5.41) is 11.0. The second-order valence-electron chi connectivity index (χ2n) is 4.77. The Morgan fingerprint density at radius 3 is 2.52 bits per heavy atom. The Kier molecular flexibility index (Phi) is 6.28. The molecule has 0 fully saturated rings. The second kappa shape index (κ2) is 8.20. The first kappa shape index (κ1) is 17.6. The van der Waals surface area contributed by atoms with Gasteiger partial charge >= 0.3 is 5.97 Å². The Hall–Kier alpha value is -1.75. The third-order valence-corrected chi connectivity index (χ3v) is 3.60. The number of aliphatic hydroxyl groups is 1. The van der Waals surface area contributed by atoms with Gasteiger partial charge in [0.05, 0.1) is 24.2 Å². The van der Waals surface area contributed by atoms with E-state index in [0.717, 1.165) is 0 Å². The van der Waals surface area contributed by atoms with E-state index in [0.29, 0.717) is 33.7 Å². The van der Waals surface area contributed by atoms with Crippen molar-refractivity contribution in [2.75, 3.05) is 6.61 Å². The Bertz CT molecular complexity index is 671. The molecule has 0 aromatic heterocycles. The Morgan fingerprint density at radius 2 is 1.87 bits per heavy atom. The molecule has 23 heavy (non-hydrogen) atoms. The predicted octanol–water partition coefficient (Wildman–Crippen LogP) is 4.77. The summed E-state index contributed by atoms with van der Waals surface area (Å²) in [6, 6.07) is 11.7. The molecular weight excluding hydrogens is 339 g/mol. The average molecular weight is 355 g/mol. The van der Waals surface area contributed by atoms with Crippen LogP contribution in [0.15, 0.2) is 42.5 Å². The molecule has 4 nitrogen and oxygen atoms in total. The van der Waals surface area contributed by atoms with E-state index in [9.17, 15) is 9.90 Å². The Balaban J connectivity index is 2.04.